The number of aromatic nitrogens is 4. The van der Waals surface area contributed by atoms with Gasteiger partial charge in [0, 0.05) is 38.5 Å². The first-order valence-corrected chi connectivity index (χ1v) is 10.3. The first-order chi connectivity index (χ1) is 15.1. The summed E-state index contributed by atoms with van der Waals surface area (Å²) < 4.78 is 3.62. The van der Waals surface area contributed by atoms with Gasteiger partial charge in [0.2, 0.25) is 5.91 Å². The molecule has 7 nitrogen and oxygen atoms in total. The molecule has 0 bridgehead atoms. The number of anilines is 2. The van der Waals surface area contributed by atoms with Crippen molar-refractivity contribution in [2.45, 2.75) is 19.4 Å². The van der Waals surface area contributed by atoms with Crippen molar-refractivity contribution >= 4 is 17.4 Å². The van der Waals surface area contributed by atoms with Crippen molar-refractivity contribution in [3.63, 3.8) is 0 Å². The van der Waals surface area contributed by atoms with Crippen LogP contribution < -0.4 is 10.2 Å². The third-order valence-corrected chi connectivity index (χ3v) is 5.07. The van der Waals surface area contributed by atoms with Crippen molar-refractivity contribution in [1.82, 2.24) is 19.6 Å². The quantitative estimate of drug-likeness (QED) is 0.477. The lowest BCUT2D eigenvalue weighted by Gasteiger charge is -2.13. The minimum atomic E-state index is -0.0443. The fourth-order valence-electron chi connectivity index (χ4n) is 3.31. The van der Waals surface area contributed by atoms with E-state index in [1.807, 2.05) is 67.6 Å². The molecule has 0 radical (unpaired) electrons. The molecule has 0 spiro atoms. The van der Waals surface area contributed by atoms with Gasteiger partial charge in [-0.05, 0) is 41.8 Å². The third kappa shape index (κ3) is 5.19. The summed E-state index contributed by atoms with van der Waals surface area (Å²) in [5.74, 6) is 0.652. The number of amides is 1. The van der Waals surface area contributed by atoms with Crippen LogP contribution in [0.2, 0.25) is 0 Å². The van der Waals surface area contributed by atoms with E-state index in [-0.39, 0.29) is 5.91 Å². The van der Waals surface area contributed by atoms with Crippen LogP contribution in [0.4, 0.5) is 11.5 Å². The van der Waals surface area contributed by atoms with Crippen molar-refractivity contribution in [2.24, 2.45) is 0 Å². The first-order valence-electron chi connectivity index (χ1n) is 10.3. The molecule has 2 aromatic carbocycles. The predicted molar refractivity (Wildman–Crippen MR) is 123 cm³/mol. The summed E-state index contributed by atoms with van der Waals surface area (Å²) in [6.45, 7) is 0.597. The molecule has 4 aromatic rings. The van der Waals surface area contributed by atoms with Crippen LogP contribution in [0.5, 0.6) is 0 Å². The molecule has 2 heterocycles. The Kier molecular flexibility index (Phi) is 6.12. The van der Waals surface area contributed by atoms with E-state index in [4.69, 9.17) is 0 Å². The highest BCUT2D eigenvalue weighted by Crippen LogP contribution is 2.16. The molecular weight excluding hydrogens is 388 g/mol. The number of hydrogen-bond donors (Lipinski definition) is 1. The zero-order valence-corrected chi connectivity index (χ0v) is 17.8. The maximum Gasteiger partial charge on any atom is 0.225 e. The molecule has 0 atom stereocenters. The number of rotatable bonds is 8. The zero-order chi connectivity index (χ0) is 21.6. The van der Waals surface area contributed by atoms with Crippen molar-refractivity contribution < 1.29 is 4.79 Å². The Morgan fingerprint density at radius 3 is 2.48 bits per heavy atom. The lowest BCUT2D eigenvalue weighted by atomic mass is 10.2. The van der Waals surface area contributed by atoms with Crippen LogP contribution >= 0.6 is 0 Å². The number of carbonyl (C=O) groups excluding carboxylic acids is 1. The van der Waals surface area contributed by atoms with Gasteiger partial charge in [0.15, 0.2) is 0 Å². The molecule has 1 amide bonds. The molecule has 0 unspecified atom stereocenters. The average Bonchev–Trinajstić information content (AvgIpc) is 3.43. The molecule has 158 valence electrons. The van der Waals surface area contributed by atoms with Gasteiger partial charge in [-0.25, -0.2) is 9.36 Å². The highest BCUT2D eigenvalue weighted by Gasteiger charge is 2.10. The van der Waals surface area contributed by atoms with E-state index in [0.717, 1.165) is 22.5 Å². The molecule has 1 N–H and O–H groups in total. The number of para-hydroxylation sites is 1. The number of nitrogens with one attached hydrogen (secondary N) is 1. The molecule has 0 saturated heterocycles. The van der Waals surface area contributed by atoms with Crippen LogP contribution in [0, 0.1) is 0 Å². The predicted octanol–water partition coefficient (Wildman–Crippen LogP) is 3.75. The van der Waals surface area contributed by atoms with Crippen molar-refractivity contribution in [1.29, 1.82) is 0 Å². The summed E-state index contributed by atoms with van der Waals surface area (Å²) in [7, 11) is 4.03. The largest absolute Gasteiger partial charge is 0.378 e. The van der Waals surface area contributed by atoms with Crippen LogP contribution in [-0.2, 0) is 17.8 Å². The summed E-state index contributed by atoms with van der Waals surface area (Å²) in [4.78, 5) is 14.6. The highest BCUT2D eigenvalue weighted by molar-refractivity contribution is 5.89. The monoisotopic (exact) mass is 414 g/mol. The SMILES string of the molecule is CN(C)c1ccc(Cn2nccc2NC(=O)CCc2cnn(-c3ccccc3)c2)cc1. The topological polar surface area (TPSA) is 68.0 Å². The molecule has 0 aliphatic rings. The lowest BCUT2D eigenvalue weighted by Crippen LogP contribution is -2.16. The van der Waals surface area contributed by atoms with Crippen molar-refractivity contribution in [2.75, 3.05) is 24.3 Å². The van der Waals surface area contributed by atoms with Gasteiger partial charge < -0.3 is 10.2 Å². The number of nitrogens with zero attached hydrogens (tertiary/aromatic N) is 5. The second-order valence-corrected chi connectivity index (χ2v) is 7.61. The third-order valence-electron chi connectivity index (χ3n) is 5.07. The van der Waals surface area contributed by atoms with E-state index < -0.39 is 0 Å². The van der Waals surface area contributed by atoms with Crippen LogP contribution in [-0.4, -0.2) is 39.6 Å². The van der Waals surface area contributed by atoms with E-state index in [9.17, 15) is 4.79 Å². The Labute approximate surface area is 181 Å². The van der Waals surface area contributed by atoms with Gasteiger partial charge in [-0.15, -0.1) is 0 Å². The molecule has 7 heteroatoms. The standard InChI is InChI=1S/C24H26N6O/c1-28(2)21-11-8-19(9-12-21)17-30-23(14-15-25-30)27-24(31)13-10-20-16-26-29(18-20)22-6-4-3-5-7-22/h3-9,11-12,14-16,18H,10,13,17H2,1-2H3,(H,27,31). The van der Waals surface area contributed by atoms with Crippen LogP contribution in [0.3, 0.4) is 0 Å². The Balaban J connectivity index is 1.32. The van der Waals surface area contributed by atoms with E-state index in [0.29, 0.717) is 25.2 Å². The molecule has 4 rings (SSSR count). The lowest BCUT2D eigenvalue weighted by molar-refractivity contribution is -0.116. The second kappa shape index (κ2) is 9.30. The molecule has 0 fully saturated rings. The van der Waals surface area contributed by atoms with Gasteiger partial charge in [0.25, 0.3) is 0 Å². The van der Waals surface area contributed by atoms with E-state index >= 15 is 0 Å². The van der Waals surface area contributed by atoms with Crippen molar-refractivity contribution in [3.05, 3.63) is 90.4 Å². The Morgan fingerprint density at radius 1 is 0.968 bits per heavy atom. The fourth-order valence-corrected chi connectivity index (χ4v) is 3.31. The summed E-state index contributed by atoms with van der Waals surface area (Å²) in [5, 5.41) is 11.7. The molecule has 31 heavy (non-hydrogen) atoms. The average molecular weight is 415 g/mol. The van der Waals surface area contributed by atoms with Crippen molar-refractivity contribution in [3.8, 4) is 5.69 Å². The van der Waals surface area contributed by atoms with Gasteiger partial charge in [0.05, 0.1) is 24.6 Å². The summed E-state index contributed by atoms with van der Waals surface area (Å²) in [6, 6.07) is 20.0. The molecule has 0 aliphatic carbocycles. The molecule has 0 aliphatic heterocycles. The van der Waals surface area contributed by atoms with Gasteiger partial charge in [-0.3, -0.25) is 4.79 Å². The summed E-state index contributed by atoms with van der Waals surface area (Å²) in [5.41, 5.74) is 4.29. The number of benzene rings is 2. The van der Waals surface area contributed by atoms with Gasteiger partial charge in [-0.2, -0.15) is 10.2 Å². The summed E-state index contributed by atoms with van der Waals surface area (Å²) >= 11 is 0. The maximum atomic E-state index is 12.5. The normalized spacial score (nSPS) is 10.8. The zero-order valence-electron chi connectivity index (χ0n) is 17.8. The van der Waals surface area contributed by atoms with E-state index in [1.165, 1.54) is 0 Å². The van der Waals surface area contributed by atoms with Gasteiger partial charge in [-0.1, -0.05) is 30.3 Å². The minimum absolute atomic E-state index is 0.0443. The van der Waals surface area contributed by atoms with Crippen LogP contribution in [0.25, 0.3) is 5.69 Å². The molecule has 0 saturated carbocycles. The minimum Gasteiger partial charge on any atom is -0.378 e. The second-order valence-electron chi connectivity index (χ2n) is 7.61. The van der Waals surface area contributed by atoms with Gasteiger partial charge >= 0.3 is 0 Å². The number of carbonyl (C=O) groups is 1. The Morgan fingerprint density at radius 2 is 1.74 bits per heavy atom. The number of aryl methyl sites for hydroxylation is 1. The number of hydrogen-bond acceptors (Lipinski definition) is 4. The van der Waals surface area contributed by atoms with Crippen LogP contribution in [0.1, 0.15) is 17.5 Å². The van der Waals surface area contributed by atoms with Crippen LogP contribution in [0.15, 0.2) is 79.3 Å². The van der Waals surface area contributed by atoms with E-state index in [2.05, 4.69) is 44.7 Å². The maximum absolute atomic E-state index is 12.5. The van der Waals surface area contributed by atoms with E-state index in [1.54, 1.807) is 10.9 Å². The Bertz CT molecular complexity index is 1130. The van der Waals surface area contributed by atoms with Gasteiger partial charge in [0.1, 0.15) is 5.82 Å². The summed E-state index contributed by atoms with van der Waals surface area (Å²) in [6.07, 6.45) is 6.47. The smallest absolute Gasteiger partial charge is 0.225 e. The first kappa shape index (κ1) is 20.4. The fraction of sp³-hybridized carbons (Fsp3) is 0.208. The highest BCUT2D eigenvalue weighted by atomic mass is 16.1. The molecular formula is C24H26N6O. The molecule has 2 aromatic heterocycles. The Hall–Kier alpha value is -3.87.